The van der Waals surface area contributed by atoms with E-state index in [9.17, 15) is 4.79 Å². The standard InChI is InChI=1S/C17H27N3O.ClH/c1-3-15-4-6-16(7-5-15)14-19(2)11-8-17(21)20-12-9-18-10-13-20;/h4-7,18H,3,8-14H2,1-2H3;1H. The van der Waals surface area contributed by atoms with Gasteiger partial charge in [-0.2, -0.15) is 0 Å². The second-order valence-electron chi connectivity index (χ2n) is 5.79. The maximum Gasteiger partial charge on any atom is 0.223 e. The lowest BCUT2D eigenvalue weighted by Gasteiger charge is -2.28. The van der Waals surface area contributed by atoms with Gasteiger partial charge in [-0.1, -0.05) is 31.2 Å². The molecular formula is C17H28ClN3O. The highest BCUT2D eigenvalue weighted by Crippen LogP contribution is 2.08. The summed E-state index contributed by atoms with van der Waals surface area (Å²) in [5, 5.41) is 3.27. The van der Waals surface area contributed by atoms with E-state index in [-0.39, 0.29) is 18.3 Å². The Bertz CT molecular complexity index is 444. The number of nitrogens with zero attached hydrogens (tertiary/aromatic N) is 2. The molecule has 0 radical (unpaired) electrons. The fourth-order valence-electron chi connectivity index (χ4n) is 2.63. The van der Waals surface area contributed by atoms with E-state index < -0.39 is 0 Å². The Morgan fingerprint density at radius 1 is 1.18 bits per heavy atom. The molecule has 0 aromatic heterocycles. The first-order valence-electron chi connectivity index (χ1n) is 7.94. The Labute approximate surface area is 140 Å². The predicted molar refractivity (Wildman–Crippen MR) is 93.5 cm³/mol. The Balaban J connectivity index is 0.00000242. The van der Waals surface area contributed by atoms with Gasteiger partial charge in [-0.05, 0) is 24.6 Å². The van der Waals surface area contributed by atoms with Crippen LogP contribution in [0.3, 0.4) is 0 Å². The molecule has 124 valence electrons. The number of hydrogen-bond acceptors (Lipinski definition) is 3. The number of aryl methyl sites for hydroxylation is 1. The first kappa shape index (κ1) is 18.9. The van der Waals surface area contributed by atoms with E-state index in [0.29, 0.717) is 6.42 Å². The van der Waals surface area contributed by atoms with Crippen molar-refractivity contribution in [1.82, 2.24) is 15.1 Å². The van der Waals surface area contributed by atoms with E-state index in [1.165, 1.54) is 11.1 Å². The Morgan fingerprint density at radius 2 is 1.77 bits per heavy atom. The first-order valence-corrected chi connectivity index (χ1v) is 7.94. The van der Waals surface area contributed by atoms with Gasteiger partial charge < -0.3 is 15.1 Å². The van der Waals surface area contributed by atoms with Crippen molar-refractivity contribution in [2.45, 2.75) is 26.3 Å². The third-order valence-electron chi connectivity index (χ3n) is 4.06. The second-order valence-corrected chi connectivity index (χ2v) is 5.79. The van der Waals surface area contributed by atoms with Crippen molar-refractivity contribution in [1.29, 1.82) is 0 Å². The summed E-state index contributed by atoms with van der Waals surface area (Å²) in [5.74, 6) is 0.282. The molecule has 0 aliphatic carbocycles. The lowest BCUT2D eigenvalue weighted by Crippen LogP contribution is -2.47. The van der Waals surface area contributed by atoms with Crippen molar-refractivity contribution in [3.63, 3.8) is 0 Å². The molecule has 0 bridgehead atoms. The Hall–Kier alpha value is -1.10. The molecule has 1 N–H and O–H groups in total. The SMILES string of the molecule is CCc1ccc(CN(C)CCC(=O)N2CCNCC2)cc1.Cl. The fourth-order valence-corrected chi connectivity index (χ4v) is 2.63. The molecule has 1 aliphatic heterocycles. The molecule has 22 heavy (non-hydrogen) atoms. The number of piperazine rings is 1. The summed E-state index contributed by atoms with van der Waals surface area (Å²) in [5.41, 5.74) is 2.68. The smallest absolute Gasteiger partial charge is 0.223 e. The van der Waals surface area contributed by atoms with E-state index >= 15 is 0 Å². The predicted octanol–water partition coefficient (Wildman–Crippen LogP) is 1.92. The molecule has 1 aliphatic rings. The molecular weight excluding hydrogens is 298 g/mol. The lowest BCUT2D eigenvalue weighted by molar-refractivity contribution is -0.132. The molecule has 1 aromatic rings. The molecule has 1 amide bonds. The van der Waals surface area contributed by atoms with Crippen molar-refractivity contribution in [3.05, 3.63) is 35.4 Å². The van der Waals surface area contributed by atoms with Crippen LogP contribution in [0.4, 0.5) is 0 Å². The summed E-state index contributed by atoms with van der Waals surface area (Å²) < 4.78 is 0. The summed E-state index contributed by atoms with van der Waals surface area (Å²) in [4.78, 5) is 16.3. The van der Waals surface area contributed by atoms with Crippen molar-refractivity contribution >= 4 is 18.3 Å². The summed E-state index contributed by atoms with van der Waals surface area (Å²) in [6.45, 7) is 7.43. The van der Waals surface area contributed by atoms with Gasteiger partial charge in [0.15, 0.2) is 0 Å². The molecule has 2 rings (SSSR count). The van der Waals surface area contributed by atoms with Crippen LogP contribution in [-0.4, -0.2) is 55.5 Å². The number of hydrogen-bond donors (Lipinski definition) is 1. The monoisotopic (exact) mass is 325 g/mol. The van der Waals surface area contributed by atoms with Crippen molar-refractivity contribution in [3.8, 4) is 0 Å². The zero-order valence-electron chi connectivity index (χ0n) is 13.7. The van der Waals surface area contributed by atoms with E-state index in [1.807, 2.05) is 4.90 Å². The molecule has 1 heterocycles. The van der Waals surface area contributed by atoms with Gasteiger partial charge in [0.2, 0.25) is 5.91 Å². The molecule has 4 nitrogen and oxygen atoms in total. The van der Waals surface area contributed by atoms with Crippen LogP contribution in [0.15, 0.2) is 24.3 Å². The topological polar surface area (TPSA) is 35.6 Å². The highest BCUT2D eigenvalue weighted by Gasteiger charge is 2.16. The minimum atomic E-state index is 0. The van der Waals surface area contributed by atoms with Crippen LogP contribution in [-0.2, 0) is 17.8 Å². The molecule has 0 saturated carbocycles. The zero-order chi connectivity index (χ0) is 15.1. The summed E-state index contributed by atoms with van der Waals surface area (Å²) >= 11 is 0. The number of benzene rings is 1. The molecule has 5 heteroatoms. The molecule has 1 fully saturated rings. The van der Waals surface area contributed by atoms with Gasteiger partial charge in [-0.25, -0.2) is 0 Å². The summed E-state index contributed by atoms with van der Waals surface area (Å²) in [6, 6.07) is 8.75. The van der Waals surface area contributed by atoms with E-state index in [2.05, 4.69) is 48.5 Å². The second kappa shape index (κ2) is 9.82. The van der Waals surface area contributed by atoms with Crippen LogP contribution in [0.1, 0.15) is 24.5 Å². The maximum absolute atomic E-state index is 12.1. The van der Waals surface area contributed by atoms with Crippen LogP contribution in [0, 0.1) is 0 Å². The molecule has 1 aromatic carbocycles. The van der Waals surface area contributed by atoms with Gasteiger partial charge in [-0.3, -0.25) is 4.79 Å². The first-order chi connectivity index (χ1) is 10.2. The zero-order valence-corrected chi connectivity index (χ0v) is 14.5. The average Bonchev–Trinajstić information content (AvgIpc) is 2.54. The number of nitrogens with one attached hydrogen (secondary N) is 1. The minimum Gasteiger partial charge on any atom is -0.340 e. The van der Waals surface area contributed by atoms with Crippen LogP contribution in [0.2, 0.25) is 0 Å². The van der Waals surface area contributed by atoms with E-state index in [0.717, 1.165) is 45.7 Å². The van der Waals surface area contributed by atoms with Crippen LogP contribution in [0.5, 0.6) is 0 Å². The molecule has 0 atom stereocenters. The Kier molecular flexibility index (Phi) is 8.46. The molecule has 0 unspecified atom stereocenters. The van der Waals surface area contributed by atoms with Gasteiger partial charge >= 0.3 is 0 Å². The van der Waals surface area contributed by atoms with Crippen LogP contribution < -0.4 is 5.32 Å². The highest BCUT2D eigenvalue weighted by atomic mass is 35.5. The van der Waals surface area contributed by atoms with Crippen molar-refractivity contribution in [2.75, 3.05) is 39.8 Å². The minimum absolute atomic E-state index is 0. The van der Waals surface area contributed by atoms with Crippen molar-refractivity contribution < 1.29 is 4.79 Å². The third-order valence-corrected chi connectivity index (χ3v) is 4.06. The lowest BCUT2D eigenvalue weighted by atomic mass is 10.1. The third kappa shape index (κ3) is 5.95. The van der Waals surface area contributed by atoms with Crippen LogP contribution in [0.25, 0.3) is 0 Å². The number of carbonyl (C=O) groups excluding carboxylic acids is 1. The van der Waals surface area contributed by atoms with Gasteiger partial charge in [-0.15, -0.1) is 12.4 Å². The van der Waals surface area contributed by atoms with Gasteiger partial charge in [0.05, 0.1) is 0 Å². The normalized spacial score (nSPS) is 14.8. The molecule has 0 spiro atoms. The number of amides is 1. The van der Waals surface area contributed by atoms with Crippen LogP contribution >= 0.6 is 12.4 Å². The van der Waals surface area contributed by atoms with Gasteiger partial charge in [0, 0.05) is 45.7 Å². The number of halogens is 1. The van der Waals surface area contributed by atoms with E-state index in [4.69, 9.17) is 0 Å². The fraction of sp³-hybridized carbons (Fsp3) is 0.588. The Morgan fingerprint density at radius 3 is 2.36 bits per heavy atom. The highest BCUT2D eigenvalue weighted by molar-refractivity contribution is 5.85. The molecule has 1 saturated heterocycles. The maximum atomic E-state index is 12.1. The van der Waals surface area contributed by atoms with Gasteiger partial charge in [0.25, 0.3) is 0 Å². The summed E-state index contributed by atoms with van der Waals surface area (Å²) in [6.07, 6.45) is 1.69. The average molecular weight is 326 g/mol. The largest absolute Gasteiger partial charge is 0.340 e. The summed E-state index contributed by atoms with van der Waals surface area (Å²) in [7, 11) is 2.08. The van der Waals surface area contributed by atoms with E-state index in [1.54, 1.807) is 0 Å². The van der Waals surface area contributed by atoms with Crippen molar-refractivity contribution in [2.24, 2.45) is 0 Å². The quantitative estimate of drug-likeness (QED) is 0.868. The van der Waals surface area contributed by atoms with Gasteiger partial charge in [0.1, 0.15) is 0 Å². The number of carbonyl (C=O) groups is 1. The number of rotatable bonds is 6.